The number of ether oxygens (including phenoxy) is 1. The second kappa shape index (κ2) is 8.21. The zero-order valence-electron chi connectivity index (χ0n) is 13.3. The van der Waals surface area contributed by atoms with E-state index in [4.69, 9.17) is 4.74 Å². The number of hydrogen-bond donors (Lipinski definition) is 0. The Balaban J connectivity index is 2.53. The van der Waals surface area contributed by atoms with Gasteiger partial charge in [0.25, 0.3) is 0 Å². The Bertz CT molecular complexity index is 387. The van der Waals surface area contributed by atoms with Gasteiger partial charge >= 0.3 is 0 Å². The zero-order chi connectivity index (χ0) is 14.3. The molecule has 0 fully saturated rings. The van der Waals surface area contributed by atoms with Crippen LogP contribution in [0, 0.1) is 13.8 Å². The average molecular weight is 263 g/mol. The predicted molar refractivity (Wildman–Crippen MR) is 83.2 cm³/mol. The van der Waals surface area contributed by atoms with Crippen LogP contribution in [0.3, 0.4) is 0 Å². The molecule has 0 amide bonds. The Labute approximate surface area is 118 Å². The van der Waals surface area contributed by atoms with Gasteiger partial charge in [-0.3, -0.25) is 0 Å². The number of aryl methyl sites for hydroxylation is 1. The third-order valence-corrected chi connectivity index (χ3v) is 3.85. The molecule has 1 aromatic rings. The van der Waals surface area contributed by atoms with E-state index in [1.807, 2.05) is 0 Å². The van der Waals surface area contributed by atoms with Gasteiger partial charge in [-0.1, -0.05) is 26.3 Å². The van der Waals surface area contributed by atoms with Gasteiger partial charge in [-0.2, -0.15) is 0 Å². The molecule has 0 atom stereocenters. The molecular formula is C17H29NO. The number of rotatable bonds is 8. The quantitative estimate of drug-likeness (QED) is 0.658. The molecular weight excluding hydrogens is 234 g/mol. The van der Waals surface area contributed by atoms with E-state index < -0.39 is 0 Å². The summed E-state index contributed by atoms with van der Waals surface area (Å²) in [5.74, 6) is 1.05. The summed E-state index contributed by atoms with van der Waals surface area (Å²) in [6.07, 6.45) is 3.44. The van der Waals surface area contributed by atoms with Crippen LogP contribution < -0.4 is 4.74 Å². The van der Waals surface area contributed by atoms with Gasteiger partial charge in [-0.25, -0.2) is 0 Å². The van der Waals surface area contributed by atoms with Gasteiger partial charge in [0, 0.05) is 6.54 Å². The fourth-order valence-corrected chi connectivity index (χ4v) is 2.22. The normalized spacial score (nSPS) is 11.1. The fraction of sp³-hybridized carbons (Fsp3) is 0.647. The van der Waals surface area contributed by atoms with E-state index >= 15 is 0 Å². The molecule has 0 spiro atoms. The molecule has 2 nitrogen and oxygen atoms in total. The highest BCUT2D eigenvalue weighted by Gasteiger charge is 2.06. The summed E-state index contributed by atoms with van der Waals surface area (Å²) in [4.78, 5) is 2.31. The molecule has 0 heterocycles. The van der Waals surface area contributed by atoms with Crippen LogP contribution in [0.1, 0.15) is 43.4 Å². The zero-order valence-corrected chi connectivity index (χ0v) is 13.3. The monoisotopic (exact) mass is 263 g/mol. The summed E-state index contributed by atoms with van der Waals surface area (Å²) in [5, 5.41) is 0. The van der Waals surface area contributed by atoms with Gasteiger partial charge in [0.15, 0.2) is 0 Å². The van der Waals surface area contributed by atoms with Crippen molar-refractivity contribution in [2.45, 2.75) is 47.0 Å². The molecule has 0 saturated heterocycles. The third-order valence-electron chi connectivity index (χ3n) is 3.85. The van der Waals surface area contributed by atoms with Gasteiger partial charge in [0.05, 0.1) is 6.61 Å². The van der Waals surface area contributed by atoms with E-state index in [2.05, 4.69) is 51.8 Å². The first-order valence-electron chi connectivity index (χ1n) is 7.50. The lowest BCUT2D eigenvalue weighted by atomic mass is 9.99. The summed E-state index contributed by atoms with van der Waals surface area (Å²) >= 11 is 0. The Hall–Kier alpha value is -1.02. The van der Waals surface area contributed by atoms with Crippen molar-refractivity contribution >= 4 is 0 Å². The minimum atomic E-state index is 0.803. The molecule has 2 heteroatoms. The summed E-state index contributed by atoms with van der Waals surface area (Å²) in [7, 11) is 2.15. The fourth-order valence-electron chi connectivity index (χ4n) is 2.22. The molecule has 0 aromatic heterocycles. The molecule has 0 aliphatic carbocycles. The predicted octanol–water partition coefficient (Wildman–Crippen LogP) is 3.98. The maximum absolute atomic E-state index is 5.92. The van der Waals surface area contributed by atoms with E-state index in [9.17, 15) is 0 Å². The Kier molecular flexibility index (Phi) is 6.93. The van der Waals surface area contributed by atoms with Crippen LogP contribution in [-0.4, -0.2) is 31.6 Å². The molecule has 0 aliphatic heterocycles. The van der Waals surface area contributed by atoms with Crippen LogP contribution in [0.5, 0.6) is 5.75 Å². The molecule has 1 rings (SSSR count). The lowest BCUT2D eigenvalue weighted by Crippen LogP contribution is -2.20. The van der Waals surface area contributed by atoms with Crippen LogP contribution in [0.15, 0.2) is 12.1 Å². The number of nitrogens with zero attached hydrogens (tertiary/aromatic N) is 1. The van der Waals surface area contributed by atoms with Crippen LogP contribution >= 0.6 is 0 Å². The SMILES string of the molecule is CCCc1ccc(OCCCN(C)CC)c(C)c1C. The third kappa shape index (κ3) is 4.87. The van der Waals surface area contributed by atoms with Crippen molar-refractivity contribution < 1.29 is 4.74 Å². The standard InChI is InChI=1S/C17H29NO/c1-6-9-16-10-11-17(15(4)14(16)3)19-13-8-12-18(5)7-2/h10-11H,6-9,12-13H2,1-5H3. The smallest absolute Gasteiger partial charge is 0.122 e. The van der Waals surface area contributed by atoms with Crippen molar-refractivity contribution in [1.82, 2.24) is 4.90 Å². The maximum Gasteiger partial charge on any atom is 0.122 e. The molecule has 0 bridgehead atoms. The molecule has 19 heavy (non-hydrogen) atoms. The summed E-state index contributed by atoms with van der Waals surface area (Å²) in [6.45, 7) is 11.8. The van der Waals surface area contributed by atoms with Crippen LogP contribution in [0.4, 0.5) is 0 Å². The van der Waals surface area contributed by atoms with Crippen molar-refractivity contribution in [1.29, 1.82) is 0 Å². The molecule has 0 saturated carbocycles. The van der Waals surface area contributed by atoms with Crippen LogP contribution in [-0.2, 0) is 6.42 Å². The first-order chi connectivity index (χ1) is 9.10. The van der Waals surface area contributed by atoms with E-state index in [0.29, 0.717) is 0 Å². The number of benzene rings is 1. The van der Waals surface area contributed by atoms with Crippen LogP contribution in [0.2, 0.25) is 0 Å². The Morgan fingerprint density at radius 1 is 1.11 bits per heavy atom. The Morgan fingerprint density at radius 3 is 2.47 bits per heavy atom. The van der Waals surface area contributed by atoms with E-state index in [1.165, 1.54) is 23.1 Å². The van der Waals surface area contributed by atoms with Crippen molar-refractivity contribution in [3.8, 4) is 5.75 Å². The highest BCUT2D eigenvalue weighted by atomic mass is 16.5. The van der Waals surface area contributed by atoms with Gasteiger partial charge < -0.3 is 9.64 Å². The minimum Gasteiger partial charge on any atom is -0.493 e. The van der Waals surface area contributed by atoms with Crippen molar-refractivity contribution in [2.75, 3.05) is 26.7 Å². The van der Waals surface area contributed by atoms with Gasteiger partial charge in [0.2, 0.25) is 0 Å². The second-order valence-electron chi connectivity index (χ2n) is 5.32. The maximum atomic E-state index is 5.92. The minimum absolute atomic E-state index is 0.803. The van der Waals surface area contributed by atoms with E-state index in [-0.39, 0.29) is 0 Å². The molecule has 1 aromatic carbocycles. The summed E-state index contributed by atoms with van der Waals surface area (Å²) < 4.78 is 5.92. The molecule has 0 N–H and O–H groups in total. The van der Waals surface area contributed by atoms with Gasteiger partial charge in [-0.05, 0) is 63.0 Å². The number of hydrogen-bond acceptors (Lipinski definition) is 2. The highest BCUT2D eigenvalue weighted by Crippen LogP contribution is 2.25. The van der Waals surface area contributed by atoms with Crippen molar-refractivity contribution in [3.05, 3.63) is 28.8 Å². The largest absolute Gasteiger partial charge is 0.493 e. The van der Waals surface area contributed by atoms with Gasteiger partial charge in [-0.15, -0.1) is 0 Å². The molecule has 108 valence electrons. The summed E-state index contributed by atoms with van der Waals surface area (Å²) in [6, 6.07) is 4.36. The molecule has 0 radical (unpaired) electrons. The van der Waals surface area contributed by atoms with Gasteiger partial charge in [0.1, 0.15) is 5.75 Å². The summed E-state index contributed by atoms with van der Waals surface area (Å²) in [5.41, 5.74) is 4.15. The lowest BCUT2D eigenvalue weighted by molar-refractivity contribution is 0.267. The van der Waals surface area contributed by atoms with E-state index in [0.717, 1.165) is 38.3 Å². The molecule has 0 unspecified atom stereocenters. The second-order valence-corrected chi connectivity index (χ2v) is 5.32. The first kappa shape index (κ1) is 16.0. The lowest BCUT2D eigenvalue weighted by Gasteiger charge is -2.16. The van der Waals surface area contributed by atoms with E-state index in [1.54, 1.807) is 0 Å². The Morgan fingerprint density at radius 2 is 1.84 bits per heavy atom. The van der Waals surface area contributed by atoms with Crippen molar-refractivity contribution in [3.63, 3.8) is 0 Å². The highest BCUT2D eigenvalue weighted by molar-refractivity contribution is 5.43. The topological polar surface area (TPSA) is 12.5 Å². The molecule has 0 aliphatic rings. The van der Waals surface area contributed by atoms with Crippen molar-refractivity contribution in [2.24, 2.45) is 0 Å². The first-order valence-corrected chi connectivity index (χ1v) is 7.50. The average Bonchev–Trinajstić information content (AvgIpc) is 2.42. The van der Waals surface area contributed by atoms with Crippen LogP contribution in [0.25, 0.3) is 0 Å².